The Bertz CT molecular complexity index is 275. The molecule has 0 saturated carbocycles. The summed E-state index contributed by atoms with van der Waals surface area (Å²) in [5.41, 5.74) is 0.250. The summed E-state index contributed by atoms with van der Waals surface area (Å²) in [4.78, 5) is 11.1. The summed E-state index contributed by atoms with van der Waals surface area (Å²) in [6, 6.07) is 6.62. The van der Waals surface area contributed by atoms with E-state index in [4.69, 9.17) is 10.2 Å². The van der Waals surface area contributed by atoms with Gasteiger partial charge in [0.2, 0.25) is 0 Å². The fraction of sp³-hybridized carbons (Fsp3) is 0. The topological polar surface area (TPSA) is 63.3 Å². The summed E-state index contributed by atoms with van der Waals surface area (Å²) in [5.74, 6) is -0.946. The molecular weight excluding hydrogens is 162 g/mol. The molecule has 0 aliphatic rings. The van der Waals surface area contributed by atoms with Crippen LogP contribution in [-0.4, -0.2) is 11.1 Å². The molecule has 11 heavy (non-hydrogen) atoms. The standard InChI is InChI=1S/C7H7NO2S/c8-11-6-4-2-1-3-5(6)7(9)10/h1-4H,8H2,(H,9,10). The minimum Gasteiger partial charge on any atom is -0.478 e. The van der Waals surface area contributed by atoms with Gasteiger partial charge in [0.25, 0.3) is 0 Å². The third-order valence-electron chi connectivity index (χ3n) is 1.24. The quantitative estimate of drug-likeness (QED) is 0.656. The van der Waals surface area contributed by atoms with Gasteiger partial charge in [-0.15, -0.1) is 0 Å². The number of hydrogen-bond donors (Lipinski definition) is 2. The summed E-state index contributed by atoms with van der Waals surface area (Å²) < 4.78 is 0. The van der Waals surface area contributed by atoms with Crippen LogP contribution in [-0.2, 0) is 0 Å². The normalized spacial score (nSPS) is 9.55. The Morgan fingerprint density at radius 3 is 2.55 bits per heavy atom. The molecule has 3 N–H and O–H groups in total. The highest BCUT2D eigenvalue weighted by atomic mass is 32.2. The number of carboxylic acid groups (broad SMARTS) is 1. The Balaban J connectivity index is 3.12. The molecule has 1 rings (SSSR count). The van der Waals surface area contributed by atoms with Crippen LogP contribution < -0.4 is 5.14 Å². The van der Waals surface area contributed by atoms with Crippen molar-refractivity contribution in [1.82, 2.24) is 0 Å². The average Bonchev–Trinajstić information content (AvgIpc) is 2.04. The van der Waals surface area contributed by atoms with E-state index in [-0.39, 0.29) is 5.56 Å². The summed E-state index contributed by atoms with van der Waals surface area (Å²) in [7, 11) is 0. The van der Waals surface area contributed by atoms with Crippen LogP contribution in [0.3, 0.4) is 0 Å². The first-order valence-corrected chi connectivity index (χ1v) is 3.82. The number of benzene rings is 1. The van der Waals surface area contributed by atoms with Crippen LogP contribution in [0.2, 0.25) is 0 Å². The van der Waals surface area contributed by atoms with Crippen molar-refractivity contribution in [3.05, 3.63) is 29.8 Å². The zero-order valence-corrected chi connectivity index (χ0v) is 6.47. The molecule has 0 saturated heterocycles. The molecule has 3 nitrogen and oxygen atoms in total. The highest BCUT2D eigenvalue weighted by Crippen LogP contribution is 2.16. The molecule has 0 radical (unpaired) electrons. The van der Waals surface area contributed by atoms with Crippen LogP contribution in [0.25, 0.3) is 0 Å². The third kappa shape index (κ3) is 1.72. The van der Waals surface area contributed by atoms with E-state index in [0.29, 0.717) is 4.90 Å². The van der Waals surface area contributed by atoms with Gasteiger partial charge in [-0.05, 0) is 24.1 Å². The van der Waals surface area contributed by atoms with E-state index in [9.17, 15) is 4.79 Å². The predicted octanol–water partition coefficient (Wildman–Crippen LogP) is 1.35. The monoisotopic (exact) mass is 169 g/mol. The van der Waals surface area contributed by atoms with Crippen LogP contribution in [0.5, 0.6) is 0 Å². The van der Waals surface area contributed by atoms with Gasteiger partial charge in [0.1, 0.15) is 0 Å². The van der Waals surface area contributed by atoms with Crippen molar-refractivity contribution in [3.8, 4) is 0 Å². The molecule has 0 unspecified atom stereocenters. The summed E-state index contributed by atoms with van der Waals surface area (Å²) >= 11 is 0.943. The number of rotatable bonds is 2. The molecule has 0 atom stereocenters. The molecule has 0 spiro atoms. The lowest BCUT2D eigenvalue weighted by Crippen LogP contribution is -1.98. The number of hydrogen-bond acceptors (Lipinski definition) is 3. The van der Waals surface area contributed by atoms with Crippen molar-refractivity contribution >= 4 is 17.9 Å². The van der Waals surface area contributed by atoms with Gasteiger partial charge in [0.15, 0.2) is 0 Å². The first kappa shape index (κ1) is 8.10. The number of aromatic carboxylic acids is 1. The van der Waals surface area contributed by atoms with Gasteiger partial charge >= 0.3 is 5.97 Å². The minimum absolute atomic E-state index is 0.250. The third-order valence-corrected chi connectivity index (χ3v) is 1.85. The van der Waals surface area contributed by atoms with Crippen LogP contribution in [0.4, 0.5) is 0 Å². The maximum Gasteiger partial charge on any atom is 0.336 e. The summed E-state index contributed by atoms with van der Waals surface area (Å²) in [5, 5.41) is 13.9. The van der Waals surface area contributed by atoms with E-state index in [2.05, 4.69) is 0 Å². The maximum atomic E-state index is 10.5. The Morgan fingerprint density at radius 1 is 1.45 bits per heavy atom. The van der Waals surface area contributed by atoms with Crippen LogP contribution in [0.1, 0.15) is 10.4 Å². The Labute approximate surface area is 68.4 Å². The van der Waals surface area contributed by atoms with Gasteiger partial charge in [0.05, 0.1) is 5.56 Å². The largest absolute Gasteiger partial charge is 0.478 e. The highest BCUT2D eigenvalue weighted by molar-refractivity contribution is 7.97. The van der Waals surface area contributed by atoms with Crippen LogP contribution in [0, 0.1) is 0 Å². The Hall–Kier alpha value is -1.00. The van der Waals surface area contributed by atoms with Crippen molar-refractivity contribution < 1.29 is 9.90 Å². The highest BCUT2D eigenvalue weighted by Gasteiger charge is 2.06. The van der Waals surface area contributed by atoms with Gasteiger partial charge < -0.3 is 5.11 Å². The van der Waals surface area contributed by atoms with E-state index in [1.54, 1.807) is 18.2 Å². The second-order valence-electron chi connectivity index (χ2n) is 1.92. The lowest BCUT2D eigenvalue weighted by atomic mass is 10.2. The van der Waals surface area contributed by atoms with Crippen molar-refractivity contribution in [2.24, 2.45) is 5.14 Å². The zero-order valence-electron chi connectivity index (χ0n) is 5.65. The fourth-order valence-electron chi connectivity index (χ4n) is 0.746. The number of carboxylic acids is 1. The molecule has 0 fully saturated rings. The van der Waals surface area contributed by atoms with Gasteiger partial charge in [0, 0.05) is 4.90 Å². The van der Waals surface area contributed by atoms with Crippen molar-refractivity contribution in [2.45, 2.75) is 4.90 Å². The van der Waals surface area contributed by atoms with Gasteiger partial charge in [-0.2, -0.15) is 0 Å². The van der Waals surface area contributed by atoms with E-state index in [0.717, 1.165) is 11.9 Å². The number of nitrogens with two attached hydrogens (primary N) is 1. The fourth-order valence-corrected chi connectivity index (χ4v) is 1.19. The van der Waals surface area contributed by atoms with Gasteiger partial charge in [-0.25, -0.2) is 4.79 Å². The van der Waals surface area contributed by atoms with Crippen molar-refractivity contribution in [1.29, 1.82) is 0 Å². The maximum absolute atomic E-state index is 10.5. The van der Waals surface area contributed by atoms with Crippen LogP contribution in [0.15, 0.2) is 29.2 Å². The molecule has 0 heterocycles. The Kier molecular flexibility index (Phi) is 2.51. The lowest BCUT2D eigenvalue weighted by Gasteiger charge is -1.99. The molecule has 0 bridgehead atoms. The number of carbonyl (C=O) groups is 1. The van der Waals surface area contributed by atoms with E-state index in [1.807, 2.05) is 0 Å². The molecule has 1 aromatic rings. The van der Waals surface area contributed by atoms with E-state index in [1.165, 1.54) is 6.07 Å². The smallest absolute Gasteiger partial charge is 0.336 e. The Morgan fingerprint density at radius 2 is 2.09 bits per heavy atom. The second kappa shape index (κ2) is 3.41. The SMILES string of the molecule is NSc1ccccc1C(=O)O. The second-order valence-corrected chi connectivity index (χ2v) is 2.59. The van der Waals surface area contributed by atoms with Crippen molar-refractivity contribution in [2.75, 3.05) is 0 Å². The zero-order chi connectivity index (χ0) is 8.27. The van der Waals surface area contributed by atoms with Gasteiger partial charge in [-0.3, -0.25) is 5.14 Å². The first-order chi connectivity index (χ1) is 5.25. The molecule has 0 aliphatic carbocycles. The van der Waals surface area contributed by atoms with E-state index >= 15 is 0 Å². The summed E-state index contributed by atoms with van der Waals surface area (Å²) in [6.45, 7) is 0. The molecule has 4 heteroatoms. The average molecular weight is 169 g/mol. The minimum atomic E-state index is -0.946. The predicted molar refractivity (Wildman–Crippen MR) is 43.4 cm³/mol. The molecule has 0 amide bonds. The molecule has 1 aromatic carbocycles. The lowest BCUT2D eigenvalue weighted by molar-refractivity contribution is 0.0693. The molecule has 0 aromatic heterocycles. The van der Waals surface area contributed by atoms with Crippen LogP contribution >= 0.6 is 11.9 Å². The van der Waals surface area contributed by atoms with Crippen molar-refractivity contribution in [3.63, 3.8) is 0 Å². The summed E-state index contributed by atoms with van der Waals surface area (Å²) in [6.07, 6.45) is 0. The molecule has 58 valence electrons. The van der Waals surface area contributed by atoms with E-state index < -0.39 is 5.97 Å². The van der Waals surface area contributed by atoms with Gasteiger partial charge in [-0.1, -0.05) is 12.1 Å². The first-order valence-electron chi connectivity index (χ1n) is 2.94. The molecular formula is C7H7NO2S. The molecule has 0 aliphatic heterocycles.